The van der Waals surface area contributed by atoms with Crippen molar-refractivity contribution in [2.24, 2.45) is 11.8 Å². The number of carbonyl (C=O) groups excluding carboxylic acids is 3. The summed E-state index contributed by atoms with van der Waals surface area (Å²) in [6.07, 6.45) is 5.06. The maximum Gasteiger partial charge on any atom is 0.225 e. The Labute approximate surface area is 144 Å². The first-order chi connectivity index (χ1) is 11.5. The zero-order valence-corrected chi connectivity index (χ0v) is 14.9. The van der Waals surface area contributed by atoms with Crippen LogP contribution in [0.5, 0.6) is 0 Å². The third-order valence-corrected chi connectivity index (χ3v) is 6.15. The largest absolute Gasteiger partial charge is 0.343 e. The number of piperidine rings is 2. The SMILES string of the molecule is CC(=O)N1CCC(C(=O)N2CC[C@@H]3[C@@H](CCCC(=O)N3C)C2)CC1. The van der Waals surface area contributed by atoms with Crippen molar-refractivity contribution in [3.63, 3.8) is 0 Å². The summed E-state index contributed by atoms with van der Waals surface area (Å²) in [4.78, 5) is 42.1. The molecule has 3 fully saturated rings. The van der Waals surface area contributed by atoms with Gasteiger partial charge in [0, 0.05) is 58.5 Å². The molecule has 6 heteroatoms. The van der Waals surface area contributed by atoms with E-state index in [1.54, 1.807) is 6.92 Å². The summed E-state index contributed by atoms with van der Waals surface area (Å²) in [5.74, 6) is 1.08. The monoisotopic (exact) mass is 335 g/mol. The minimum absolute atomic E-state index is 0.0577. The molecule has 6 nitrogen and oxygen atoms in total. The predicted molar refractivity (Wildman–Crippen MR) is 90.1 cm³/mol. The van der Waals surface area contributed by atoms with Crippen LogP contribution in [0, 0.1) is 11.8 Å². The molecule has 3 rings (SSSR count). The summed E-state index contributed by atoms with van der Waals surface area (Å²) < 4.78 is 0. The highest BCUT2D eigenvalue weighted by Crippen LogP contribution is 2.31. The first-order valence-electron chi connectivity index (χ1n) is 9.27. The molecular weight excluding hydrogens is 306 g/mol. The lowest BCUT2D eigenvalue weighted by atomic mass is 9.87. The van der Waals surface area contributed by atoms with Gasteiger partial charge in [-0.05, 0) is 38.0 Å². The van der Waals surface area contributed by atoms with Crippen LogP contribution in [0.3, 0.4) is 0 Å². The van der Waals surface area contributed by atoms with Crippen molar-refractivity contribution in [1.29, 1.82) is 0 Å². The van der Waals surface area contributed by atoms with Gasteiger partial charge in [-0.15, -0.1) is 0 Å². The van der Waals surface area contributed by atoms with E-state index in [4.69, 9.17) is 0 Å². The lowest BCUT2D eigenvalue weighted by Crippen LogP contribution is -2.53. The fraction of sp³-hybridized carbons (Fsp3) is 0.833. The summed E-state index contributed by atoms with van der Waals surface area (Å²) in [6.45, 7) is 4.53. The predicted octanol–water partition coefficient (Wildman–Crippen LogP) is 1.10. The number of amides is 3. The van der Waals surface area contributed by atoms with Crippen molar-refractivity contribution in [3.8, 4) is 0 Å². The molecule has 0 unspecified atom stereocenters. The molecule has 0 bridgehead atoms. The summed E-state index contributed by atoms with van der Waals surface area (Å²) in [5.41, 5.74) is 0. The lowest BCUT2D eigenvalue weighted by molar-refractivity contribution is -0.143. The summed E-state index contributed by atoms with van der Waals surface area (Å²) in [7, 11) is 1.92. The fourth-order valence-corrected chi connectivity index (χ4v) is 4.59. The Morgan fingerprint density at radius 2 is 1.67 bits per heavy atom. The Hall–Kier alpha value is -1.59. The normalized spacial score (nSPS) is 29.2. The molecule has 0 aromatic heterocycles. The zero-order valence-electron chi connectivity index (χ0n) is 14.9. The van der Waals surface area contributed by atoms with Crippen LogP contribution in [0.15, 0.2) is 0 Å². The molecule has 3 aliphatic heterocycles. The molecule has 0 N–H and O–H groups in total. The van der Waals surface area contributed by atoms with Gasteiger partial charge in [0.05, 0.1) is 0 Å². The van der Waals surface area contributed by atoms with E-state index < -0.39 is 0 Å². The van der Waals surface area contributed by atoms with Crippen molar-refractivity contribution in [3.05, 3.63) is 0 Å². The van der Waals surface area contributed by atoms with Crippen molar-refractivity contribution in [1.82, 2.24) is 14.7 Å². The number of likely N-dealkylation sites (tertiary alicyclic amines) is 3. The van der Waals surface area contributed by atoms with Gasteiger partial charge < -0.3 is 14.7 Å². The van der Waals surface area contributed by atoms with E-state index in [1.165, 1.54) is 0 Å². The standard InChI is InChI=1S/C18H29N3O3/c1-13(22)20-9-6-14(7-10-20)18(24)21-11-8-16-15(12-21)4-3-5-17(23)19(16)2/h14-16H,3-12H2,1-2H3/t15-,16+/m0/s1. The summed E-state index contributed by atoms with van der Waals surface area (Å²) >= 11 is 0. The number of fused-ring (bicyclic) bond motifs is 1. The van der Waals surface area contributed by atoms with Crippen LogP contribution in [0.4, 0.5) is 0 Å². The smallest absolute Gasteiger partial charge is 0.225 e. The highest BCUT2D eigenvalue weighted by molar-refractivity contribution is 5.80. The van der Waals surface area contributed by atoms with Crippen LogP contribution in [-0.2, 0) is 14.4 Å². The molecule has 134 valence electrons. The first-order valence-corrected chi connectivity index (χ1v) is 9.27. The van der Waals surface area contributed by atoms with Gasteiger partial charge in [0.2, 0.25) is 17.7 Å². The van der Waals surface area contributed by atoms with E-state index in [0.717, 1.165) is 45.2 Å². The van der Waals surface area contributed by atoms with Crippen molar-refractivity contribution >= 4 is 17.7 Å². The van der Waals surface area contributed by atoms with E-state index in [9.17, 15) is 14.4 Å². The molecule has 0 saturated carbocycles. The van der Waals surface area contributed by atoms with Gasteiger partial charge in [0.25, 0.3) is 0 Å². The van der Waals surface area contributed by atoms with E-state index in [0.29, 0.717) is 31.5 Å². The van der Waals surface area contributed by atoms with Gasteiger partial charge in [-0.25, -0.2) is 0 Å². The quantitative estimate of drug-likeness (QED) is 0.721. The second-order valence-corrected chi connectivity index (χ2v) is 7.58. The van der Waals surface area contributed by atoms with E-state index in [-0.39, 0.29) is 23.6 Å². The number of hydrogen-bond donors (Lipinski definition) is 0. The molecule has 0 aliphatic carbocycles. The lowest BCUT2D eigenvalue weighted by Gasteiger charge is -2.43. The molecule has 3 heterocycles. The van der Waals surface area contributed by atoms with E-state index in [2.05, 4.69) is 0 Å². The number of rotatable bonds is 1. The minimum Gasteiger partial charge on any atom is -0.343 e. The van der Waals surface area contributed by atoms with Gasteiger partial charge in [0.1, 0.15) is 0 Å². The molecule has 3 saturated heterocycles. The summed E-state index contributed by atoms with van der Waals surface area (Å²) in [5, 5.41) is 0. The zero-order chi connectivity index (χ0) is 17.3. The van der Waals surface area contributed by atoms with Crippen molar-refractivity contribution in [2.75, 3.05) is 33.2 Å². The van der Waals surface area contributed by atoms with Crippen LogP contribution < -0.4 is 0 Å². The second kappa shape index (κ2) is 7.11. The van der Waals surface area contributed by atoms with Crippen molar-refractivity contribution < 1.29 is 14.4 Å². The van der Waals surface area contributed by atoms with Gasteiger partial charge in [-0.2, -0.15) is 0 Å². The Morgan fingerprint density at radius 3 is 2.33 bits per heavy atom. The van der Waals surface area contributed by atoms with Gasteiger partial charge >= 0.3 is 0 Å². The van der Waals surface area contributed by atoms with Crippen LogP contribution in [-0.4, -0.2) is 71.7 Å². The maximum absolute atomic E-state index is 12.9. The van der Waals surface area contributed by atoms with Gasteiger partial charge in [-0.1, -0.05) is 0 Å². The Kier molecular flexibility index (Phi) is 5.11. The third-order valence-electron chi connectivity index (χ3n) is 6.15. The topological polar surface area (TPSA) is 60.9 Å². The highest BCUT2D eigenvalue weighted by atomic mass is 16.2. The molecule has 0 aromatic rings. The van der Waals surface area contributed by atoms with Gasteiger partial charge in [-0.3, -0.25) is 14.4 Å². The molecule has 24 heavy (non-hydrogen) atoms. The molecule has 0 aromatic carbocycles. The maximum atomic E-state index is 12.9. The van der Waals surface area contributed by atoms with Crippen LogP contribution in [0.2, 0.25) is 0 Å². The average molecular weight is 335 g/mol. The molecule has 3 amide bonds. The molecule has 0 spiro atoms. The Bertz CT molecular complexity index is 514. The summed E-state index contributed by atoms with van der Waals surface area (Å²) in [6, 6.07) is 0.295. The molecular formula is C18H29N3O3. The van der Waals surface area contributed by atoms with Crippen molar-refractivity contribution in [2.45, 2.75) is 51.5 Å². The van der Waals surface area contributed by atoms with Gasteiger partial charge in [0.15, 0.2) is 0 Å². The number of hydrogen-bond acceptors (Lipinski definition) is 3. The average Bonchev–Trinajstić information content (AvgIpc) is 2.73. The third kappa shape index (κ3) is 3.42. The second-order valence-electron chi connectivity index (χ2n) is 7.58. The van der Waals surface area contributed by atoms with Crippen LogP contribution >= 0.6 is 0 Å². The number of carbonyl (C=O) groups is 3. The van der Waals surface area contributed by atoms with E-state index in [1.807, 2.05) is 21.7 Å². The Morgan fingerprint density at radius 1 is 1.00 bits per heavy atom. The number of nitrogens with zero attached hydrogens (tertiary/aromatic N) is 3. The fourth-order valence-electron chi connectivity index (χ4n) is 4.59. The highest BCUT2D eigenvalue weighted by Gasteiger charge is 2.38. The minimum atomic E-state index is 0.0577. The van der Waals surface area contributed by atoms with Crippen LogP contribution in [0.25, 0.3) is 0 Å². The van der Waals surface area contributed by atoms with E-state index >= 15 is 0 Å². The first kappa shape index (κ1) is 17.2. The van der Waals surface area contributed by atoms with Crippen LogP contribution in [0.1, 0.15) is 45.4 Å². The molecule has 0 radical (unpaired) electrons. The molecule has 2 atom stereocenters. The Balaban J connectivity index is 1.58. The molecule has 3 aliphatic rings.